The van der Waals surface area contributed by atoms with Gasteiger partial charge in [-0.1, -0.05) is 40.2 Å². The van der Waals surface area contributed by atoms with Crippen LogP contribution < -0.4 is 10.1 Å². The molecule has 0 saturated heterocycles. The van der Waals surface area contributed by atoms with Crippen molar-refractivity contribution in [2.45, 2.75) is 19.9 Å². The molecule has 4 aromatic rings. The number of hydrogen-bond donors (Lipinski definition) is 1. The maximum atomic E-state index is 13.5. The highest BCUT2D eigenvalue weighted by molar-refractivity contribution is 9.10. The molecule has 32 heavy (non-hydrogen) atoms. The third-order valence-electron chi connectivity index (χ3n) is 5.58. The van der Waals surface area contributed by atoms with Gasteiger partial charge in [-0.05, 0) is 44.2 Å². The van der Waals surface area contributed by atoms with Crippen LogP contribution in [0.1, 0.15) is 39.2 Å². The third-order valence-corrected chi connectivity index (χ3v) is 6.08. The number of nitrogens with one attached hydrogen (secondary N) is 1. The highest BCUT2D eigenvalue weighted by atomic mass is 79.9. The van der Waals surface area contributed by atoms with Crippen molar-refractivity contribution in [3.63, 3.8) is 0 Å². The van der Waals surface area contributed by atoms with Crippen LogP contribution in [0.5, 0.6) is 5.75 Å². The lowest BCUT2D eigenvalue weighted by molar-refractivity contribution is 0.0940. The lowest BCUT2D eigenvalue weighted by Crippen LogP contribution is -2.31. The molecule has 0 saturated carbocycles. The molecule has 1 atom stereocenters. The van der Waals surface area contributed by atoms with E-state index in [2.05, 4.69) is 30.8 Å². The largest absolute Gasteiger partial charge is 0.496 e. The lowest BCUT2D eigenvalue weighted by Gasteiger charge is -2.21. The zero-order valence-corrected chi connectivity index (χ0v) is 20.1. The molecule has 2 heterocycles. The van der Waals surface area contributed by atoms with Crippen molar-refractivity contribution in [3.05, 3.63) is 99.8 Å². The fourth-order valence-electron chi connectivity index (χ4n) is 4.06. The number of benzene rings is 2. The van der Waals surface area contributed by atoms with E-state index in [1.807, 2.05) is 86.3 Å². The van der Waals surface area contributed by atoms with Crippen LogP contribution in [-0.2, 0) is 7.05 Å². The number of halogens is 1. The molecule has 1 N–H and O–H groups in total. The van der Waals surface area contributed by atoms with Crippen molar-refractivity contribution < 1.29 is 9.53 Å². The Bertz CT molecular complexity index is 1270. The summed E-state index contributed by atoms with van der Waals surface area (Å²) in [6.45, 7) is 3.96. The molecule has 4 rings (SSSR count). The molecule has 2 aromatic heterocycles. The minimum atomic E-state index is -0.465. The monoisotopic (exact) mass is 492 g/mol. The van der Waals surface area contributed by atoms with E-state index in [1.54, 1.807) is 13.3 Å². The van der Waals surface area contributed by atoms with Crippen molar-refractivity contribution >= 4 is 21.8 Å². The SMILES string of the molecule is COc1ccccc1C(NC(=O)c1cc(C)n(-c2cccc(Br)c2)c1C)c1nccn1C. The van der Waals surface area contributed by atoms with Gasteiger partial charge >= 0.3 is 0 Å². The van der Waals surface area contributed by atoms with Crippen LogP contribution in [0.4, 0.5) is 0 Å². The van der Waals surface area contributed by atoms with Gasteiger partial charge in [-0.25, -0.2) is 4.98 Å². The quantitative estimate of drug-likeness (QED) is 0.406. The van der Waals surface area contributed by atoms with Gasteiger partial charge in [0.15, 0.2) is 0 Å². The summed E-state index contributed by atoms with van der Waals surface area (Å²) >= 11 is 3.53. The molecule has 0 bridgehead atoms. The van der Waals surface area contributed by atoms with Crippen molar-refractivity contribution in [1.82, 2.24) is 19.4 Å². The Morgan fingerprint density at radius 3 is 2.59 bits per heavy atom. The summed E-state index contributed by atoms with van der Waals surface area (Å²) in [4.78, 5) is 18.0. The molecule has 0 radical (unpaired) electrons. The Kier molecular flexibility index (Phi) is 6.19. The minimum Gasteiger partial charge on any atom is -0.496 e. The zero-order chi connectivity index (χ0) is 22.8. The smallest absolute Gasteiger partial charge is 0.253 e. The molecule has 0 aliphatic heterocycles. The van der Waals surface area contributed by atoms with E-state index < -0.39 is 6.04 Å². The fraction of sp³-hybridized carbons (Fsp3) is 0.200. The Hall–Kier alpha value is -3.32. The molecule has 0 spiro atoms. The van der Waals surface area contributed by atoms with Gasteiger partial charge in [-0.15, -0.1) is 0 Å². The summed E-state index contributed by atoms with van der Waals surface area (Å²) in [5.74, 6) is 1.25. The molecule has 0 fully saturated rings. The van der Waals surface area contributed by atoms with E-state index in [0.717, 1.165) is 32.9 Å². The van der Waals surface area contributed by atoms with E-state index in [4.69, 9.17) is 4.74 Å². The van der Waals surface area contributed by atoms with E-state index in [-0.39, 0.29) is 5.91 Å². The standard InChI is InChI=1S/C25H25BrN4O2/c1-16-14-21(17(2)30(16)19-9-7-8-18(26)15-19)25(31)28-23(24-27-12-13-29(24)3)20-10-5-6-11-22(20)32-4/h5-15,23H,1-4H3,(H,28,31). The predicted molar refractivity (Wildman–Crippen MR) is 128 cm³/mol. The Labute approximate surface area is 196 Å². The van der Waals surface area contributed by atoms with Gasteiger partial charge in [0.1, 0.15) is 17.6 Å². The number of nitrogens with zero attached hydrogens (tertiary/aromatic N) is 3. The number of rotatable bonds is 6. The average molecular weight is 493 g/mol. The van der Waals surface area contributed by atoms with E-state index in [1.165, 1.54) is 0 Å². The van der Waals surface area contributed by atoms with Gasteiger partial charge in [-0.2, -0.15) is 0 Å². The summed E-state index contributed by atoms with van der Waals surface area (Å²) in [5.41, 5.74) is 4.32. The minimum absolute atomic E-state index is 0.168. The molecule has 164 valence electrons. The normalized spacial score (nSPS) is 11.9. The molecule has 1 amide bonds. The van der Waals surface area contributed by atoms with E-state index >= 15 is 0 Å². The van der Waals surface area contributed by atoms with Crippen molar-refractivity contribution in [2.24, 2.45) is 7.05 Å². The highest BCUT2D eigenvalue weighted by Crippen LogP contribution is 2.30. The van der Waals surface area contributed by atoms with Gasteiger partial charge in [0, 0.05) is 46.6 Å². The van der Waals surface area contributed by atoms with Crippen LogP contribution in [0.25, 0.3) is 5.69 Å². The number of imidazole rings is 1. The first kappa shape index (κ1) is 21.9. The Morgan fingerprint density at radius 2 is 1.91 bits per heavy atom. The summed E-state index contributed by atoms with van der Waals surface area (Å²) in [6.07, 6.45) is 3.59. The van der Waals surface area contributed by atoms with Crippen molar-refractivity contribution in [1.29, 1.82) is 0 Å². The van der Waals surface area contributed by atoms with Gasteiger partial charge in [0.2, 0.25) is 0 Å². The molecule has 1 unspecified atom stereocenters. The second-order valence-electron chi connectivity index (χ2n) is 7.64. The first-order valence-corrected chi connectivity index (χ1v) is 11.1. The van der Waals surface area contributed by atoms with Gasteiger partial charge in [-0.3, -0.25) is 4.79 Å². The van der Waals surface area contributed by atoms with Crippen LogP contribution in [0.2, 0.25) is 0 Å². The number of aryl methyl sites for hydroxylation is 2. The topological polar surface area (TPSA) is 61.1 Å². The third kappa shape index (κ3) is 4.08. The van der Waals surface area contributed by atoms with Crippen LogP contribution in [-0.4, -0.2) is 27.1 Å². The first-order chi connectivity index (χ1) is 15.4. The lowest BCUT2D eigenvalue weighted by atomic mass is 10.0. The van der Waals surface area contributed by atoms with Crippen LogP contribution in [0.15, 0.2) is 71.5 Å². The molecule has 2 aromatic carbocycles. The summed E-state index contributed by atoms with van der Waals surface area (Å²) in [6, 6.07) is 17.2. The van der Waals surface area contributed by atoms with Crippen LogP contribution in [0, 0.1) is 13.8 Å². The number of hydrogen-bond acceptors (Lipinski definition) is 3. The number of methoxy groups -OCH3 is 1. The summed E-state index contributed by atoms with van der Waals surface area (Å²) in [5, 5.41) is 3.19. The molecule has 0 aliphatic rings. The Morgan fingerprint density at radius 1 is 1.12 bits per heavy atom. The van der Waals surface area contributed by atoms with Gasteiger partial charge in [0.05, 0.1) is 12.7 Å². The van der Waals surface area contributed by atoms with E-state index in [9.17, 15) is 4.79 Å². The molecule has 6 nitrogen and oxygen atoms in total. The molecular formula is C25H25BrN4O2. The zero-order valence-electron chi connectivity index (χ0n) is 18.5. The second-order valence-corrected chi connectivity index (χ2v) is 8.56. The highest BCUT2D eigenvalue weighted by Gasteiger charge is 2.26. The fourth-order valence-corrected chi connectivity index (χ4v) is 4.44. The number of amides is 1. The number of carbonyl (C=O) groups excluding carboxylic acids is 1. The number of aromatic nitrogens is 3. The number of carbonyl (C=O) groups is 1. The maximum Gasteiger partial charge on any atom is 0.253 e. The predicted octanol–water partition coefficient (Wildman–Crippen LogP) is 5.12. The summed E-state index contributed by atoms with van der Waals surface area (Å²) < 4.78 is 10.5. The van der Waals surface area contributed by atoms with Gasteiger partial charge in [0.25, 0.3) is 5.91 Å². The van der Waals surface area contributed by atoms with E-state index in [0.29, 0.717) is 11.3 Å². The van der Waals surface area contributed by atoms with Crippen LogP contribution >= 0.6 is 15.9 Å². The molecule has 7 heteroatoms. The summed E-state index contributed by atoms with van der Waals surface area (Å²) in [7, 11) is 3.54. The number of ether oxygens (including phenoxy) is 1. The molecular weight excluding hydrogens is 468 g/mol. The maximum absolute atomic E-state index is 13.5. The van der Waals surface area contributed by atoms with Crippen molar-refractivity contribution in [3.8, 4) is 11.4 Å². The first-order valence-electron chi connectivity index (χ1n) is 10.3. The second kappa shape index (κ2) is 9.04. The average Bonchev–Trinajstić information content (AvgIpc) is 3.34. The van der Waals surface area contributed by atoms with Crippen LogP contribution in [0.3, 0.4) is 0 Å². The van der Waals surface area contributed by atoms with Crippen molar-refractivity contribution in [2.75, 3.05) is 7.11 Å². The molecule has 0 aliphatic carbocycles. The Balaban J connectivity index is 1.74. The number of para-hydroxylation sites is 1. The van der Waals surface area contributed by atoms with Gasteiger partial charge < -0.3 is 19.2 Å².